The molecule has 0 saturated heterocycles. The van der Waals surface area contributed by atoms with Crippen LogP contribution in [-0.4, -0.2) is 26.1 Å². The lowest BCUT2D eigenvalue weighted by Gasteiger charge is -1.99. The molecule has 0 bridgehead atoms. The summed E-state index contributed by atoms with van der Waals surface area (Å²) in [5.41, 5.74) is 1.45. The molecule has 1 rings (SSSR count). The summed E-state index contributed by atoms with van der Waals surface area (Å²) in [5.74, 6) is -0.281. The molecule has 4 heteroatoms. The summed E-state index contributed by atoms with van der Waals surface area (Å²) >= 11 is 0. The van der Waals surface area contributed by atoms with Crippen LogP contribution in [0.5, 0.6) is 0 Å². The maximum absolute atomic E-state index is 10.9. The molecule has 0 unspecified atom stereocenters. The molecule has 3 nitrogen and oxygen atoms in total. The number of methoxy groups -OCH3 is 1. The number of carbonyl (C=O) groups excluding carboxylic acids is 2. The highest BCUT2D eigenvalue weighted by molar-refractivity contribution is 6.62. The number of rotatable bonds is 3. The van der Waals surface area contributed by atoms with Gasteiger partial charge in [-0.15, -0.1) is 0 Å². The molecule has 0 aromatic heterocycles. The van der Waals surface area contributed by atoms with E-state index in [1.165, 1.54) is 14.0 Å². The Morgan fingerprint density at radius 3 is 2.62 bits per heavy atom. The van der Waals surface area contributed by atoms with Crippen LogP contribution in [0.3, 0.4) is 0 Å². The van der Waals surface area contributed by atoms with E-state index in [-0.39, 0.29) is 18.2 Å². The Kier molecular flexibility index (Phi) is 3.06. The lowest BCUT2D eigenvalue weighted by atomic mass is 9.64. The predicted molar refractivity (Wildman–Crippen MR) is 49.2 cm³/mol. The van der Waals surface area contributed by atoms with E-state index in [9.17, 15) is 9.59 Å². The van der Waals surface area contributed by atoms with Crippen LogP contribution in [0.1, 0.15) is 13.3 Å². The standard InChI is InChI=1S/C9H10BO3/c1-6(11)8-4-3-7(10-8)5-9(12)13-2/h3-4H,5H2,1-2H3. The molecule has 0 aromatic rings. The third-order valence-electron chi connectivity index (χ3n) is 1.80. The van der Waals surface area contributed by atoms with Crippen LogP contribution in [0.4, 0.5) is 0 Å². The van der Waals surface area contributed by atoms with Crippen molar-refractivity contribution in [3.63, 3.8) is 0 Å². The summed E-state index contributed by atoms with van der Waals surface area (Å²) in [6.45, 7) is 1.50. The van der Waals surface area contributed by atoms with E-state index >= 15 is 0 Å². The first-order valence-electron chi connectivity index (χ1n) is 3.97. The van der Waals surface area contributed by atoms with Gasteiger partial charge < -0.3 is 4.74 Å². The third kappa shape index (κ3) is 2.58. The minimum absolute atomic E-state index is 0.0103. The zero-order chi connectivity index (χ0) is 9.84. The van der Waals surface area contributed by atoms with E-state index < -0.39 is 0 Å². The Labute approximate surface area is 77.7 Å². The maximum Gasteiger partial charge on any atom is 0.308 e. The van der Waals surface area contributed by atoms with Gasteiger partial charge in [0.1, 0.15) is 5.78 Å². The fraction of sp³-hybridized carbons (Fsp3) is 0.333. The lowest BCUT2D eigenvalue weighted by molar-refractivity contribution is -0.139. The van der Waals surface area contributed by atoms with Crippen molar-refractivity contribution < 1.29 is 14.3 Å². The highest BCUT2D eigenvalue weighted by atomic mass is 16.5. The predicted octanol–water partition coefficient (Wildman–Crippen LogP) is 0.624. The molecule has 0 amide bonds. The quantitative estimate of drug-likeness (QED) is 0.468. The summed E-state index contributed by atoms with van der Waals surface area (Å²) in [7, 11) is 3.05. The summed E-state index contributed by atoms with van der Waals surface area (Å²) in [5, 5.41) is 0. The molecular formula is C9H10BO3. The molecule has 13 heavy (non-hydrogen) atoms. The van der Waals surface area contributed by atoms with Gasteiger partial charge in [-0.2, -0.15) is 0 Å². The van der Waals surface area contributed by atoms with Crippen molar-refractivity contribution in [1.82, 2.24) is 0 Å². The van der Waals surface area contributed by atoms with Crippen LogP contribution < -0.4 is 0 Å². The first-order chi connectivity index (χ1) is 6.13. The van der Waals surface area contributed by atoms with Crippen molar-refractivity contribution >= 4 is 19.0 Å². The molecule has 0 aliphatic carbocycles. The molecule has 0 aromatic carbocycles. The second kappa shape index (κ2) is 4.07. The molecule has 0 fully saturated rings. The van der Waals surface area contributed by atoms with Gasteiger partial charge in [-0.05, 0) is 12.4 Å². The maximum atomic E-state index is 10.9. The molecule has 67 valence electrons. The zero-order valence-electron chi connectivity index (χ0n) is 7.66. The number of Topliss-reactive ketones (excluding diaryl/α,β-unsaturated/α-hetero) is 1. The van der Waals surface area contributed by atoms with E-state index in [4.69, 9.17) is 0 Å². The Morgan fingerprint density at radius 1 is 1.46 bits per heavy atom. The highest BCUT2D eigenvalue weighted by Gasteiger charge is 2.16. The molecule has 1 aliphatic rings. The highest BCUT2D eigenvalue weighted by Crippen LogP contribution is 2.14. The smallest absolute Gasteiger partial charge is 0.308 e. The van der Waals surface area contributed by atoms with Crippen LogP contribution in [0, 0.1) is 0 Å². The second-order valence-corrected chi connectivity index (χ2v) is 2.82. The molecule has 1 aliphatic heterocycles. The van der Waals surface area contributed by atoms with Gasteiger partial charge >= 0.3 is 5.97 Å². The minimum Gasteiger partial charge on any atom is -0.469 e. The van der Waals surface area contributed by atoms with Crippen molar-refractivity contribution in [3.8, 4) is 0 Å². The first kappa shape index (κ1) is 9.77. The Bertz CT molecular complexity index is 302. The minimum atomic E-state index is -0.291. The average Bonchev–Trinajstić information content (AvgIpc) is 2.52. The molecule has 1 heterocycles. The topological polar surface area (TPSA) is 43.4 Å². The molecule has 0 saturated carbocycles. The third-order valence-corrected chi connectivity index (χ3v) is 1.80. The fourth-order valence-corrected chi connectivity index (χ4v) is 1.06. The monoisotopic (exact) mass is 177 g/mol. The van der Waals surface area contributed by atoms with Crippen LogP contribution in [0.15, 0.2) is 23.1 Å². The van der Waals surface area contributed by atoms with Gasteiger partial charge in [-0.3, -0.25) is 9.59 Å². The number of hydrogen-bond donors (Lipinski definition) is 0. The van der Waals surface area contributed by atoms with Gasteiger partial charge in [0.2, 0.25) is 0 Å². The van der Waals surface area contributed by atoms with E-state index in [1.54, 1.807) is 19.4 Å². The summed E-state index contributed by atoms with van der Waals surface area (Å²) in [6.07, 6.45) is 3.69. The lowest BCUT2D eigenvalue weighted by Crippen LogP contribution is -2.08. The van der Waals surface area contributed by atoms with E-state index in [0.717, 1.165) is 5.47 Å². The molecule has 0 N–H and O–H groups in total. The molecule has 0 atom stereocenters. The summed E-state index contributed by atoms with van der Waals surface area (Å²) in [6, 6.07) is 0. The second-order valence-electron chi connectivity index (χ2n) is 2.82. The van der Waals surface area contributed by atoms with Gasteiger partial charge in [0.25, 0.3) is 0 Å². The largest absolute Gasteiger partial charge is 0.469 e. The van der Waals surface area contributed by atoms with E-state index in [1.807, 2.05) is 0 Å². The van der Waals surface area contributed by atoms with Crippen LogP contribution >= 0.6 is 0 Å². The van der Waals surface area contributed by atoms with Gasteiger partial charge in [-0.25, -0.2) is 0 Å². The number of allylic oxidation sites excluding steroid dienone is 3. The number of carbonyl (C=O) groups is 2. The fourth-order valence-electron chi connectivity index (χ4n) is 1.06. The Hall–Kier alpha value is -1.32. The van der Waals surface area contributed by atoms with Crippen LogP contribution in [-0.2, 0) is 14.3 Å². The van der Waals surface area contributed by atoms with Crippen molar-refractivity contribution in [2.24, 2.45) is 0 Å². The number of hydrogen-bond acceptors (Lipinski definition) is 3. The van der Waals surface area contributed by atoms with Crippen molar-refractivity contribution in [2.45, 2.75) is 13.3 Å². The normalized spacial score (nSPS) is 14.3. The summed E-state index contributed by atoms with van der Waals surface area (Å²) < 4.78 is 4.50. The van der Waals surface area contributed by atoms with Gasteiger partial charge in [0.05, 0.1) is 13.5 Å². The van der Waals surface area contributed by atoms with Crippen LogP contribution in [0.25, 0.3) is 0 Å². The van der Waals surface area contributed by atoms with Gasteiger partial charge in [0.15, 0.2) is 7.28 Å². The SMILES string of the molecule is COC(=O)CC1=CC=C(C(C)=O)[B]1. The van der Waals surface area contributed by atoms with Crippen LogP contribution in [0.2, 0.25) is 0 Å². The van der Waals surface area contributed by atoms with Crippen molar-refractivity contribution in [1.29, 1.82) is 0 Å². The van der Waals surface area contributed by atoms with E-state index in [2.05, 4.69) is 4.74 Å². The number of ether oxygens (including phenoxy) is 1. The molecule has 1 radical (unpaired) electrons. The molecular weight excluding hydrogens is 167 g/mol. The van der Waals surface area contributed by atoms with Gasteiger partial charge in [-0.1, -0.05) is 17.6 Å². The number of ketones is 1. The van der Waals surface area contributed by atoms with Gasteiger partial charge in [0, 0.05) is 0 Å². The van der Waals surface area contributed by atoms with E-state index in [0.29, 0.717) is 5.47 Å². The van der Waals surface area contributed by atoms with Crippen molar-refractivity contribution in [3.05, 3.63) is 23.1 Å². The van der Waals surface area contributed by atoms with Crippen molar-refractivity contribution in [2.75, 3.05) is 7.11 Å². The average molecular weight is 177 g/mol. The number of esters is 1. The Morgan fingerprint density at radius 2 is 2.15 bits per heavy atom. The zero-order valence-corrected chi connectivity index (χ0v) is 7.66. The Balaban J connectivity index is 2.45. The first-order valence-corrected chi connectivity index (χ1v) is 3.97. The summed E-state index contributed by atoms with van der Waals surface area (Å²) in [4.78, 5) is 21.8. The molecule has 0 spiro atoms.